The number of quaternary nitrogens is 1. The van der Waals surface area contributed by atoms with Crippen molar-refractivity contribution < 1.29 is 30.9 Å². The van der Waals surface area contributed by atoms with Gasteiger partial charge >= 0.3 is 24.8 Å². The Hall–Kier alpha value is -5.17. The summed E-state index contributed by atoms with van der Waals surface area (Å²) in [5.74, 6) is 1.04. The molecule has 0 atom stereocenters. The Morgan fingerprint density at radius 3 is 1.54 bits per heavy atom. The summed E-state index contributed by atoms with van der Waals surface area (Å²) in [6.45, 7) is -0.799. The van der Waals surface area contributed by atoms with Crippen molar-refractivity contribution in [2.24, 2.45) is 0 Å². The predicted octanol–water partition coefficient (Wildman–Crippen LogP) is -1.36. The number of fused-ring (bicyclic) bond motifs is 2. The van der Waals surface area contributed by atoms with E-state index in [0.717, 1.165) is 33.4 Å². The maximum absolute atomic E-state index is 14.4. The smallest absolute Gasteiger partial charge is 0.347 e. The van der Waals surface area contributed by atoms with Gasteiger partial charge in [0.1, 0.15) is 0 Å². The second-order valence-electron chi connectivity index (χ2n) is 12.7. The van der Waals surface area contributed by atoms with Crippen molar-refractivity contribution in [2.75, 3.05) is 0 Å². The minimum atomic E-state index is -4.00. The molecule has 13 rings (SSSR count). The van der Waals surface area contributed by atoms with E-state index in [1.165, 1.54) is 0 Å². The van der Waals surface area contributed by atoms with Crippen LogP contribution in [0.5, 0.6) is 11.5 Å². The zero-order valence-electron chi connectivity index (χ0n) is 23.3. The quantitative estimate of drug-likeness (QED) is 0.115. The fourth-order valence-corrected chi connectivity index (χ4v) is 13.1. The molecule has 0 radical (unpaired) electrons. The number of aromatic nitrogens is 4. The summed E-state index contributed by atoms with van der Waals surface area (Å²) in [5.41, 5.74) is 9.34. The maximum atomic E-state index is 14.4. The first-order valence-corrected chi connectivity index (χ1v) is 17.8. The van der Waals surface area contributed by atoms with E-state index in [0.29, 0.717) is 44.7 Å². The highest BCUT2D eigenvalue weighted by molar-refractivity contribution is 7.92. The summed E-state index contributed by atoms with van der Waals surface area (Å²) in [5, 5.41) is 0.170. The van der Waals surface area contributed by atoms with Gasteiger partial charge in [0.2, 0.25) is 54.8 Å². The van der Waals surface area contributed by atoms with Crippen LogP contribution in [0.15, 0.2) is 105 Å². The molecule has 2 aromatic carbocycles. The van der Waals surface area contributed by atoms with Gasteiger partial charge in [-0.1, -0.05) is 0 Å². The molecule has 10 nitrogen and oxygen atoms in total. The number of hydrogen-bond donors (Lipinski definition) is 0. The van der Waals surface area contributed by atoms with Crippen LogP contribution in [-0.2, 0) is 19.7 Å². The van der Waals surface area contributed by atoms with Crippen LogP contribution < -0.4 is 51.8 Å². The van der Waals surface area contributed by atoms with Gasteiger partial charge in [-0.25, -0.2) is 26.8 Å². The lowest BCUT2D eigenvalue weighted by Gasteiger charge is -2.40. The standard InChI is InChI=1S/C32H14B2N5O5S2/c40-45(41)21-7-5-19-27-25(21)33-23-15(9-11-35-31(23)45)17-3-1-13-37(29(17)33)39(27)28-20(44-19)6-8-22-26(28)34-24-16(10-12-36-32(24)46(22,42)43)18-4-2-14-38(39)30(18)34/h1-14H/q+3. The summed E-state index contributed by atoms with van der Waals surface area (Å²) in [4.78, 5) is 9.28. The van der Waals surface area contributed by atoms with Crippen LogP contribution in [0.2, 0.25) is 0 Å². The third-order valence-electron chi connectivity index (χ3n) is 11.1. The van der Waals surface area contributed by atoms with Gasteiger partial charge in [-0.2, -0.15) is 0 Å². The molecule has 1 spiro atoms. The average Bonchev–Trinajstić information content (AvgIpc) is 3.59. The van der Waals surface area contributed by atoms with E-state index in [2.05, 4.69) is 19.3 Å². The Kier molecular flexibility index (Phi) is 3.30. The van der Waals surface area contributed by atoms with Crippen LogP contribution in [0, 0.1) is 0 Å². The number of pyridine rings is 4. The summed E-state index contributed by atoms with van der Waals surface area (Å²) in [7, 11) is -8.00. The molecule has 0 unspecified atom stereocenters. The Balaban J connectivity index is 1.34. The zero-order chi connectivity index (χ0) is 30.2. The third-order valence-corrected chi connectivity index (χ3v) is 14.6. The molecule has 46 heavy (non-hydrogen) atoms. The molecule has 0 aliphatic carbocycles. The molecule has 14 heteroatoms. The molecular weight excluding hydrogens is 620 g/mol. The highest BCUT2D eigenvalue weighted by Gasteiger charge is 2.76. The van der Waals surface area contributed by atoms with Crippen molar-refractivity contribution in [3.8, 4) is 33.8 Å². The van der Waals surface area contributed by atoms with Crippen molar-refractivity contribution in [3.63, 3.8) is 0 Å². The van der Waals surface area contributed by atoms with E-state index in [1.54, 1.807) is 36.7 Å². The predicted molar refractivity (Wildman–Crippen MR) is 165 cm³/mol. The molecule has 0 fully saturated rings. The number of benzene rings is 2. The largest absolute Gasteiger partial charge is 0.444 e. The fourth-order valence-electron chi connectivity index (χ4n) is 9.70. The van der Waals surface area contributed by atoms with Gasteiger partial charge in [-0.15, -0.1) is 0 Å². The second kappa shape index (κ2) is 6.54. The van der Waals surface area contributed by atoms with Crippen LogP contribution in [0.4, 0.5) is 11.4 Å². The lowest BCUT2D eigenvalue weighted by Crippen LogP contribution is -2.99. The first-order chi connectivity index (χ1) is 22.4. The second-order valence-corrected chi connectivity index (χ2v) is 16.3. The van der Waals surface area contributed by atoms with Crippen molar-refractivity contribution >= 4 is 77.5 Å². The van der Waals surface area contributed by atoms with Crippen LogP contribution in [0.1, 0.15) is 0 Å². The SMILES string of the molecule is O=S1(=O)c2ccc3c4c2B2c5c(ccnc51)-c1ccc[n+](c12)[N+]41c2c(ccc4c2B2c5c(ccnc5S4(=O)=O)-c4ccc[n+]1c42)O3. The average molecular weight is 634 g/mol. The molecule has 11 heterocycles. The Bertz CT molecular complexity index is 2720. The topological polar surface area (TPSA) is 111 Å². The van der Waals surface area contributed by atoms with Gasteiger partial charge in [-0.05, 0) is 70.6 Å². The zero-order valence-corrected chi connectivity index (χ0v) is 25.0. The van der Waals surface area contributed by atoms with Gasteiger partial charge in [-0.3, -0.25) is 0 Å². The molecule has 0 N–H and O–H groups in total. The highest BCUT2D eigenvalue weighted by atomic mass is 32.2. The van der Waals surface area contributed by atoms with E-state index in [4.69, 9.17) is 4.74 Å². The highest BCUT2D eigenvalue weighted by Crippen LogP contribution is 2.53. The number of rotatable bonds is 0. The molecule has 0 amide bonds. The van der Waals surface area contributed by atoms with Crippen molar-refractivity contribution in [3.05, 3.63) is 85.5 Å². The molecule has 0 bridgehead atoms. The molecular formula is C32H14B2N5O5S2+3. The third kappa shape index (κ3) is 1.95. The monoisotopic (exact) mass is 634 g/mol. The molecule has 7 aliphatic heterocycles. The number of ether oxygens (including phenoxy) is 1. The van der Waals surface area contributed by atoms with E-state index in [1.807, 2.05) is 48.8 Å². The van der Waals surface area contributed by atoms with E-state index >= 15 is 0 Å². The van der Waals surface area contributed by atoms with Crippen LogP contribution in [0.25, 0.3) is 22.3 Å². The Morgan fingerprint density at radius 1 is 0.587 bits per heavy atom. The molecule has 4 aromatic heterocycles. The van der Waals surface area contributed by atoms with Crippen LogP contribution in [0.3, 0.4) is 0 Å². The molecule has 7 aliphatic rings. The minimum Gasteiger partial charge on any atom is -0.444 e. The molecule has 6 aromatic rings. The fraction of sp³-hybridized carbons (Fsp3) is 0. The van der Waals surface area contributed by atoms with Gasteiger partial charge in [0, 0.05) is 55.9 Å². The normalized spacial score (nSPS) is 19.0. The first-order valence-electron chi connectivity index (χ1n) is 14.9. The molecule has 0 saturated heterocycles. The maximum Gasteiger partial charge on any atom is 0.347 e. The lowest BCUT2D eigenvalue weighted by molar-refractivity contribution is -1.03. The van der Waals surface area contributed by atoms with Crippen LogP contribution >= 0.6 is 0 Å². The van der Waals surface area contributed by atoms with Crippen molar-refractivity contribution in [1.82, 2.24) is 14.7 Å². The molecule has 212 valence electrons. The number of sulfone groups is 2. The Morgan fingerprint density at radius 2 is 1.07 bits per heavy atom. The van der Waals surface area contributed by atoms with E-state index in [9.17, 15) is 16.8 Å². The summed E-state index contributed by atoms with van der Waals surface area (Å²) >= 11 is 0. The van der Waals surface area contributed by atoms with Gasteiger partial charge in [0.05, 0.1) is 9.79 Å². The molecule has 0 saturated carbocycles. The summed E-state index contributed by atoms with van der Waals surface area (Å²) < 4.78 is 68.7. The number of hydrogen-bond acceptors (Lipinski definition) is 7. The number of nitrogens with zero attached hydrogens (tertiary/aromatic N) is 5. The van der Waals surface area contributed by atoms with Crippen molar-refractivity contribution in [2.45, 2.75) is 19.8 Å². The van der Waals surface area contributed by atoms with Gasteiger partial charge < -0.3 is 4.74 Å². The minimum absolute atomic E-state index is 0.0849. The Labute approximate surface area is 261 Å². The van der Waals surface area contributed by atoms with Crippen molar-refractivity contribution in [1.29, 1.82) is 0 Å². The van der Waals surface area contributed by atoms with Crippen LogP contribution in [-0.4, -0.2) is 40.2 Å². The van der Waals surface area contributed by atoms with E-state index in [-0.39, 0.29) is 24.5 Å². The first kappa shape index (κ1) is 23.2. The summed E-state index contributed by atoms with van der Waals surface area (Å²) in [6.07, 6.45) is 7.19. The van der Waals surface area contributed by atoms with Gasteiger partial charge in [0.25, 0.3) is 0 Å². The summed E-state index contributed by atoms with van der Waals surface area (Å²) in [6, 6.07) is 18.6. The van der Waals surface area contributed by atoms with Gasteiger partial charge in [0.15, 0.2) is 14.8 Å². The van der Waals surface area contributed by atoms with E-state index < -0.39 is 33.1 Å². The lowest BCUT2D eigenvalue weighted by atomic mass is 9.38.